The Bertz CT molecular complexity index is 244. The molecule has 0 unspecified atom stereocenters. The molecule has 0 spiro atoms. The van der Waals surface area contributed by atoms with Crippen LogP contribution in [0.1, 0.15) is 39.0 Å². The van der Waals surface area contributed by atoms with Gasteiger partial charge in [-0.3, -0.25) is 0 Å². The first kappa shape index (κ1) is 12.1. The van der Waals surface area contributed by atoms with E-state index in [2.05, 4.69) is 13.2 Å². The van der Waals surface area contributed by atoms with Crippen molar-refractivity contribution < 1.29 is 4.74 Å². The molecule has 1 fully saturated rings. The molecule has 0 N–H and O–H groups in total. The Balaban J connectivity index is 2.18. The van der Waals surface area contributed by atoms with Gasteiger partial charge in [-0.1, -0.05) is 44.1 Å². The van der Waals surface area contributed by atoms with Crippen molar-refractivity contribution in [3.05, 3.63) is 36.6 Å². The van der Waals surface area contributed by atoms with Gasteiger partial charge in [-0.15, -0.1) is 0 Å². The van der Waals surface area contributed by atoms with Crippen LogP contribution in [-0.4, -0.2) is 6.61 Å². The predicted molar refractivity (Wildman–Crippen MR) is 65.6 cm³/mol. The largest absolute Gasteiger partial charge is 0.494 e. The lowest BCUT2D eigenvalue weighted by atomic mass is 9.90. The molecular formula is C14H22O. The van der Waals surface area contributed by atoms with Crippen LogP contribution < -0.4 is 0 Å². The van der Waals surface area contributed by atoms with E-state index in [1.54, 1.807) is 0 Å². The van der Waals surface area contributed by atoms with Crippen molar-refractivity contribution in [2.45, 2.75) is 39.0 Å². The molecule has 0 radical (unpaired) electrons. The third-order valence-electron chi connectivity index (χ3n) is 2.78. The minimum atomic E-state index is 0.744. The highest BCUT2D eigenvalue weighted by atomic mass is 16.5. The summed E-state index contributed by atoms with van der Waals surface area (Å²) < 4.78 is 5.61. The van der Waals surface area contributed by atoms with Gasteiger partial charge in [-0.25, -0.2) is 0 Å². The van der Waals surface area contributed by atoms with E-state index in [1.807, 2.05) is 19.1 Å². The Morgan fingerprint density at radius 1 is 1.20 bits per heavy atom. The van der Waals surface area contributed by atoms with Gasteiger partial charge in [0, 0.05) is 0 Å². The fraction of sp³-hybridized carbons (Fsp3) is 0.571. The van der Waals surface area contributed by atoms with Crippen LogP contribution in [0.2, 0.25) is 0 Å². The van der Waals surface area contributed by atoms with Crippen molar-refractivity contribution in [3.8, 4) is 0 Å². The molecule has 0 amide bonds. The monoisotopic (exact) mass is 206 g/mol. The molecule has 1 rings (SSSR count). The second-order valence-electron chi connectivity index (χ2n) is 4.46. The van der Waals surface area contributed by atoms with E-state index in [-0.39, 0.29) is 0 Å². The highest BCUT2D eigenvalue weighted by molar-refractivity contribution is 5.19. The van der Waals surface area contributed by atoms with E-state index in [9.17, 15) is 0 Å². The maximum atomic E-state index is 5.61. The molecule has 1 saturated carbocycles. The zero-order valence-electron chi connectivity index (χ0n) is 9.80. The SMILES string of the molecule is C=C(C)/C=C\C(=C)OCC1CCCCC1. The minimum absolute atomic E-state index is 0.744. The zero-order valence-corrected chi connectivity index (χ0v) is 9.80. The van der Waals surface area contributed by atoms with E-state index in [4.69, 9.17) is 4.74 Å². The van der Waals surface area contributed by atoms with Crippen molar-refractivity contribution in [1.29, 1.82) is 0 Å². The standard InChI is InChI=1S/C14H22O/c1-12(2)9-10-13(3)15-11-14-7-5-4-6-8-14/h9-10,14H,1,3-8,11H2,2H3/b10-9-. The van der Waals surface area contributed by atoms with E-state index in [0.717, 1.165) is 23.9 Å². The van der Waals surface area contributed by atoms with E-state index in [0.29, 0.717) is 0 Å². The van der Waals surface area contributed by atoms with Gasteiger partial charge >= 0.3 is 0 Å². The highest BCUT2D eigenvalue weighted by Gasteiger charge is 2.13. The smallest absolute Gasteiger partial charge is 0.112 e. The van der Waals surface area contributed by atoms with Crippen LogP contribution >= 0.6 is 0 Å². The molecule has 0 aromatic carbocycles. The number of allylic oxidation sites excluding steroid dienone is 3. The summed E-state index contributed by atoms with van der Waals surface area (Å²) in [5.74, 6) is 1.50. The Morgan fingerprint density at radius 2 is 1.87 bits per heavy atom. The fourth-order valence-corrected chi connectivity index (χ4v) is 1.86. The van der Waals surface area contributed by atoms with Crippen molar-refractivity contribution in [1.82, 2.24) is 0 Å². The van der Waals surface area contributed by atoms with Gasteiger partial charge in [0.1, 0.15) is 5.76 Å². The van der Waals surface area contributed by atoms with Gasteiger partial charge in [0.2, 0.25) is 0 Å². The third-order valence-corrected chi connectivity index (χ3v) is 2.78. The molecule has 0 aromatic rings. The quantitative estimate of drug-likeness (QED) is 0.483. The Kier molecular flexibility index (Phi) is 5.23. The second-order valence-corrected chi connectivity index (χ2v) is 4.46. The summed E-state index contributed by atoms with van der Waals surface area (Å²) in [6.45, 7) is 10.5. The normalized spacial score (nSPS) is 17.9. The lowest BCUT2D eigenvalue weighted by Crippen LogP contribution is -2.12. The van der Waals surface area contributed by atoms with Gasteiger partial charge in [-0.2, -0.15) is 0 Å². The molecule has 0 heterocycles. The van der Waals surface area contributed by atoms with Gasteiger partial charge in [0.05, 0.1) is 6.61 Å². The molecule has 1 aliphatic carbocycles. The van der Waals surface area contributed by atoms with Gasteiger partial charge in [0.15, 0.2) is 0 Å². The van der Waals surface area contributed by atoms with Crippen LogP contribution in [0.15, 0.2) is 36.6 Å². The topological polar surface area (TPSA) is 9.23 Å². The molecule has 0 saturated heterocycles. The highest BCUT2D eigenvalue weighted by Crippen LogP contribution is 2.24. The third kappa shape index (κ3) is 5.46. The first-order valence-electron chi connectivity index (χ1n) is 5.84. The minimum Gasteiger partial charge on any atom is -0.494 e. The summed E-state index contributed by atoms with van der Waals surface area (Å²) in [6, 6.07) is 0. The predicted octanol–water partition coefficient (Wildman–Crippen LogP) is 4.23. The molecular weight excluding hydrogens is 184 g/mol. The Morgan fingerprint density at radius 3 is 2.47 bits per heavy atom. The molecule has 0 bridgehead atoms. The fourth-order valence-electron chi connectivity index (χ4n) is 1.86. The molecule has 0 aromatic heterocycles. The van der Waals surface area contributed by atoms with Crippen LogP contribution in [0, 0.1) is 5.92 Å². The first-order valence-corrected chi connectivity index (χ1v) is 5.84. The second kappa shape index (κ2) is 6.49. The van der Waals surface area contributed by atoms with Crippen molar-refractivity contribution in [2.75, 3.05) is 6.61 Å². The van der Waals surface area contributed by atoms with Crippen molar-refractivity contribution in [3.63, 3.8) is 0 Å². The number of hydrogen-bond donors (Lipinski definition) is 0. The summed E-state index contributed by atoms with van der Waals surface area (Å²) in [4.78, 5) is 0. The summed E-state index contributed by atoms with van der Waals surface area (Å²) in [6.07, 6.45) is 10.6. The molecule has 0 atom stereocenters. The molecule has 84 valence electrons. The van der Waals surface area contributed by atoms with E-state index >= 15 is 0 Å². The molecule has 15 heavy (non-hydrogen) atoms. The average molecular weight is 206 g/mol. The van der Waals surface area contributed by atoms with Gasteiger partial charge in [0.25, 0.3) is 0 Å². The first-order chi connectivity index (χ1) is 7.18. The summed E-state index contributed by atoms with van der Waals surface area (Å²) in [5, 5.41) is 0. The van der Waals surface area contributed by atoms with Crippen molar-refractivity contribution >= 4 is 0 Å². The van der Waals surface area contributed by atoms with Gasteiger partial charge < -0.3 is 4.74 Å². The maximum absolute atomic E-state index is 5.61. The maximum Gasteiger partial charge on any atom is 0.112 e. The molecule has 1 aliphatic rings. The summed E-state index contributed by atoms with van der Waals surface area (Å²) in [5.41, 5.74) is 1.03. The molecule has 1 heteroatoms. The zero-order chi connectivity index (χ0) is 11.1. The molecule has 1 nitrogen and oxygen atoms in total. The summed E-state index contributed by atoms with van der Waals surface area (Å²) >= 11 is 0. The van der Waals surface area contributed by atoms with Crippen LogP contribution in [0.3, 0.4) is 0 Å². The Labute approximate surface area is 93.5 Å². The summed E-state index contributed by atoms with van der Waals surface area (Å²) in [7, 11) is 0. The lowest BCUT2D eigenvalue weighted by Gasteiger charge is -2.21. The Hall–Kier alpha value is -0.980. The average Bonchev–Trinajstić information content (AvgIpc) is 2.25. The number of ether oxygens (including phenoxy) is 1. The van der Waals surface area contributed by atoms with E-state index < -0.39 is 0 Å². The molecule has 0 aliphatic heterocycles. The number of rotatable bonds is 5. The van der Waals surface area contributed by atoms with Crippen LogP contribution in [0.4, 0.5) is 0 Å². The van der Waals surface area contributed by atoms with Crippen LogP contribution in [-0.2, 0) is 4.74 Å². The number of hydrogen-bond acceptors (Lipinski definition) is 1. The van der Waals surface area contributed by atoms with E-state index in [1.165, 1.54) is 32.1 Å². The van der Waals surface area contributed by atoms with Crippen LogP contribution in [0.25, 0.3) is 0 Å². The lowest BCUT2D eigenvalue weighted by molar-refractivity contribution is 0.151. The van der Waals surface area contributed by atoms with Crippen molar-refractivity contribution in [2.24, 2.45) is 5.92 Å². The van der Waals surface area contributed by atoms with Gasteiger partial charge in [-0.05, 0) is 31.8 Å². The van der Waals surface area contributed by atoms with Crippen LogP contribution in [0.5, 0.6) is 0 Å².